The molecule has 1 aliphatic heterocycles. The van der Waals surface area contributed by atoms with Gasteiger partial charge >= 0.3 is 0 Å². The van der Waals surface area contributed by atoms with E-state index in [2.05, 4.69) is 13.8 Å². The summed E-state index contributed by atoms with van der Waals surface area (Å²) >= 11 is 0. The number of hydrogen-bond donors (Lipinski definition) is 0. The number of rotatable bonds is 1. The Balaban J connectivity index is 1.83. The van der Waals surface area contributed by atoms with Crippen molar-refractivity contribution in [1.82, 2.24) is 0 Å². The van der Waals surface area contributed by atoms with Crippen molar-refractivity contribution in [2.45, 2.75) is 64.1 Å². The smallest absolute Gasteiger partial charge is 0.0979 e. The third-order valence-electron chi connectivity index (χ3n) is 6.31. The molecule has 1 heteroatoms. The summed E-state index contributed by atoms with van der Waals surface area (Å²) in [7, 11) is 0. The molecule has 5 aliphatic rings. The van der Waals surface area contributed by atoms with Gasteiger partial charge in [-0.1, -0.05) is 6.92 Å². The van der Waals surface area contributed by atoms with Crippen LogP contribution < -0.4 is 0 Å². The maximum Gasteiger partial charge on any atom is 0.0979 e. The van der Waals surface area contributed by atoms with E-state index in [-0.39, 0.29) is 5.60 Å². The van der Waals surface area contributed by atoms with Gasteiger partial charge in [0.15, 0.2) is 0 Å². The van der Waals surface area contributed by atoms with E-state index in [0.29, 0.717) is 11.5 Å². The molecule has 1 saturated heterocycles. The highest BCUT2D eigenvalue weighted by atomic mass is 16.6. The van der Waals surface area contributed by atoms with Gasteiger partial charge in [0, 0.05) is 5.41 Å². The summed E-state index contributed by atoms with van der Waals surface area (Å²) in [5.74, 6) is 3.03. The Morgan fingerprint density at radius 2 is 1.80 bits per heavy atom. The molecule has 4 aliphatic carbocycles. The zero-order valence-electron chi connectivity index (χ0n) is 9.96. The molecule has 2 unspecified atom stereocenters. The SMILES string of the molecule is CCC12C[C@@H]3CC(C[C@@H](C3)C1)[C@H]1O[C@@]12C. The molecular formula is C14H22O. The van der Waals surface area contributed by atoms with Crippen LogP contribution in [-0.2, 0) is 4.74 Å². The van der Waals surface area contributed by atoms with Crippen LogP contribution in [0.3, 0.4) is 0 Å². The molecule has 1 nitrogen and oxygen atoms in total. The Morgan fingerprint density at radius 1 is 1.13 bits per heavy atom. The number of ether oxygens (including phenoxy) is 1. The van der Waals surface area contributed by atoms with Gasteiger partial charge in [-0.2, -0.15) is 0 Å². The highest BCUT2D eigenvalue weighted by Crippen LogP contribution is 2.69. The van der Waals surface area contributed by atoms with Crippen LogP contribution in [0.5, 0.6) is 0 Å². The Morgan fingerprint density at radius 3 is 2.40 bits per heavy atom. The summed E-state index contributed by atoms with van der Waals surface area (Å²) in [6, 6.07) is 0. The summed E-state index contributed by atoms with van der Waals surface area (Å²) in [6.45, 7) is 4.82. The lowest BCUT2D eigenvalue weighted by Crippen LogP contribution is -2.42. The highest BCUT2D eigenvalue weighted by molar-refractivity contribution is 5.20. The van der Waals surface area contributed by atoms with E-state index in [4.69, 9.17) is 4.74 Å². The lowest BCUT2D eigenvalue weighted by Gasteiger charge is -2.48. The standard InChI is InChI=1S/C14H22O/c1-3-14-7-9-4-10(8-14)6-11(5-9)12-13(14,2)15-12/h9-12H,3-8H2,1-2H3/t9-,10+,11?,12-,13+,14?/m1/s1. The molecule has 0 radical (unpaired) electrons. The van der Waals surface area contributed by atoms with Gasteiger partial charge in [0.25, 0.3) is 0 Å². The monoisotopic (exact) mass is 206 g/mol. The van der Waals surface area contributed by atoms with Crippen LogP contribution >= 0.6 is 0 Å². The quantitative estimate of drug-likeness (QED) is 0.599. The minimum absolute atomic E-state index is 0.288. The third-order valence-corrected chi connectivity index (χ3v) is 6.31. The molecular weight excluding hydrogens is 184 g/mol. The Bertz CT molecular complexity index is 296. The van der Waals surface area contributed by atoms with Gasteiger partial charge in [0.2, 0.25) is 0 Å². The minimum atomic E-state index is 0.288. The fraction of sp³-hybridized carbons (Fsp3) is 1.00. The molecule has 0 amide bonds. The van der Waals surface area contributed by atoms with Crippen LogP contribution in [-0.4, -0.2) is 11.7 Å². The topological polar surface area (TPSA) is 12.5 Å². The van der Waals surface area contributed by atoms with E-state index in [9.17, 15) is 0 Å². The van der Waals surface area contributed by atoms with E-state index < -0.39 is 0 Å². The fourth-order valence-electron chi connectivity index (χ4n) is 5.63. The predicted molar refractivity (Wildman–Crippen MR) is 59.6 cm³/mol. The summed E-state index contributed by atoms with van der Waals surface area (Å²) in [5, 5.41) is 0. The van der Waals surface area contributed by atoms with Crippen molar-refractivity contribution in [2.24, 2.45) is 23.2 Å². The third kappa shape index (κ3) is 0.906. The van der Waals surface area contributed by atoms with Gasteiger partial charge in [0.05, 0.1) is 11.7 Å². The first-order valence-corrected chi connectivity index (χ1v) is 6.85. The van der Waals surface area contributed by atoms with Crippen LogP contribution in [0.25, 0.3) is 0 Å². The molecule has 0 aromatic rings. The van der Waals surface area contributed by atoms with E-state index >= 15 is 0 Å². The van der Waals surface area contributed by atoms with Gasteiger partial charge in [0.1, 0.15) is 0 Å². The number of hydrogen-bond acceptors (Lipinski definition) is 1. The van der Waals surface area contributed by atoms with Crippen molar-refractivity contribution < 1.29 is 4.74 Å². The molecule has 84 valence electrons. The van der Waals surface area contributed by atoms with Crippen molar-refractivity contribution in [2.75, 3.05) is 0 Å². The lowest BCUT2D eigenvalue weighted by atomic mass is 9.58. The van der Waals surface area contributed by atoms with Gasteiger partial charge < -0.3 is 4.74 Å². The van der Waals surface area contributed by atoms with Crippen molar-refractivity contribution in [3.8, 4) is 0 Å². The fourth-order valence-corrected chi connectivity index (χ4v) is 5.63. The first-order chi connectivity index (χ1) is 7.17. The molecule has 5 fully saturated rings. The maximum atomic E-state index is 6.18. The van der Waals surface area contributed by atoms with Gasteiger partial charge in [-0.3, -0.25) is 0 Å². The van der Waals surface area contributed by atoms with Gasteiger partial charge in [-0.25, -0.2) is 0 Å². The van der Waals surface area contributed by atoms with Crippen LogP contribution in [0.4, 0.5) is 0 Å². The van der Waals surface area contributed by atoms with Crippen LogP contribution in [0.1, 0.15) is 52.4 Å². The zero-order chi connectivity index (χ0) is 10.3. The molecule has 0 aromatic heterocycles. The minimum Gasteiger partial charge on any atom is -0.365 e. The normalized spacial score (nSPS) is 65.2. The molecule has 4 saturated carbocycles. The van der Waals surface area contributed by atoms with E-state index in [0.717, 1.165) is 17.8 Å². The van der Waals surface area contributed by atoms with Crippen LogP contribution in [0, 0.1) is 23.2 Å². The lowest BCUT2D eigenvalue weighted by molar-refractivity contribution is -0.0198. The van der Waals surface area contributed by atoms with Crippen molar-refractivity contribution >= 4 is 0 Å². The molecule has 4 bridgehead atoms. The van der Waals surface area contributed by atoms with Gasteiger partial charge in [-0.15, -0.1) is 0 Å². The largest absolute Gasteiger partial charge is 0.365 e. The molecule has 15 heavy (non-hydrogen) atoms. The summed E-state index contributed by atoms with van der Waals surface area (Å²) < 4.78 is 6.18. The number of epoxide rings is 1. The first-order valence-electron chi connectivity index (χ1n) is 6.85. The van der Waals surface area contributed by atoms with Crippen LogP contribution in [0.2, 0.25) is 0 Å². The van der Waals surface area contributed by atoms with Crippen molar-refractivity contribution in [3.05, 3.63) is 0 Å². The van der Waals surface area contributed by atoms with E-state index in [1.165, 1.54) is 32.1 Å². The van der Waals surface area contributed by atoms with E-state index in [1.807, 2.05) is 0 Å². The highest BCUT2D eigenvalue weighted by Gasteiger charge is 2.71. The molecule has 0 aromatic carbocycles. The summed E-state index contributed by atoms with van der Waals surface area (Å²) in [6.07, 6.45) is 9.46. The zero-order valence-corrected chi connectivity index (χ0v) is 9.96. The molecule has 6 atom stereocenters. The van der Waals surface area contributed by atoms with Crippen LogP contribution in [0.15, 0.2) is 0 Å². The summed E-state index contributed by atoms with van der Waals surface area (Å²) in [4.78, 5) is 0. The van der Waals surface area contributed by atoms with E-state index in [1.54, 1.807) is 6.42 Å². The van der Waals surface area contributed by atoms with Crippen molar-refractivity contribution in [1.29, 1.82) is 0 Å². The molecule has 1 heterocycles. The Hall–Kier alpha value is -0.0400. The first kappa shape index (κ1) is 9.04. The average Bonchev–Trinajstić information content (AvgIpc) is 2.91. The predicted octanol–water partition coefficient (Wildman–Crippen LogP) is 3.38. The maximum absolute atomic E-state index is 6.18. The second-order valence-electron chi connectivity index (χ2n) is 6.89. The molecule has 0 spiro atoms. The average molecular weight is 206 g/mol. The molecule has 5 rings (SSSR count). The second-order valence-corrected chi connectivity index (χ2v) is 6.89. The van der Waals surface area contributed by atoms with Crippen molar-refractivity contribution in [3.63, 3.8) is 0 Å². The summed E-state index contributed by atoms with van der Waals surface area (Å²) in [5.41, 5.74) is 0.854. The van der Waals surface area contributed by atoms with Gasteiger partial charge in [-0.05, 0) is 63.2 Å². The Kier molecular flexibility index (Phi) is 1.47. The second kappa shape index (κ2) is 2.45. The Labute approximate surface area is 92.6 Å². The molecule has 0 N–H and O–H groups in total.